The molecule has 0 rings (SSSR count). The van der Waals surface area contributed by atoms with E-state index >= 15 is 0 Å². The van der Waals surface area contributed by atoms with E-state index in [2.05, 4.69) is 18.5 Å². The molecule has 0 aliphatic carbocycles. The van der Waals surface area contributed by atoms with Gasteiger partial charge in [-0.25, -0.2) is 0 Å². The summed E-state index contributed by atoms with van der Waals surface area (Å²) in [6.07, 6.45) is 0. The first-order valence-corrected chi connectivity index (χ1v) is 3.60. The van der Waals surface area contributed by atoms with Crippen LogP contribution in [0.5, 0.6) is 0 Å². The molecule has 0 aromatic heterocycles. The predicted octanol–water partition coefficient (Wildman–Crippen LogP) is 1.85. The smallest absolute Gasteiger partial charge is 0.250 e. The van der Waals surface area contributed by atoms with Crippen molar-refractivity contribution >= 4 is 5.91 Å². The van der Waals surface area contributed by atoms with E-state index in [0.29, 0.717) is 5.57 Å². The number of nitrogens with one attached hydrogen (secondary N) is 1. The van der Waals surface area contributed by atoms with Gasteiger partial charge in [0.05, 0.1) is 0 Å². The van der Waals surface area contributed by atoms with Gasteiger partial charge < -0.3 is 5.32 Å². The fourth-order valence-electron chi connectivity index (χ4n) is 0.397. The summed E-state index contributed by atoms with van der Waals surface area (Å²) in [6, 6.07) is 0. The van der Waals surface area contributed by atoms with E-state index in [0.717, 1.165) is 5.70 Å². The topological polar surface area (TPSA) is 29.1 Å². The molecule has 62 valence electrons. The van der Waals surface area contributed by atoms with E-state index in [1.54, 1.807) is 6.92 Å². The minimum absolute atomic E-state index is 0.149. The molecule has 0 aromatic carbocycles. The molecule has 2 heteroatoms. The summed E-state index contributed by atoms with van der Waals surface area (Å²) in [6.45, 7) is 12.8. The number of carbonyl (C=O) groups is 1. The zero-order valence-corrected chi connectivity index (χ0v) is 7.40. The lowest BCUT2D eigenvalue weighted by Crippen LogP contribution is -2.24. The average Bonchev–Trinajstić information content (AvgIpc) is 1.87. The first-order valence-electron chi connectivity index (χ1n) is 3.60. The molecule has 0 atom stereocenters. The maximum absolute atomic E-state index is 11.0. The first kappa shape index (κ1) is 9.95. The van der Waals surface area contributed by atoms with Gasteiger partial charge in [-0.15, -0.1) is 0 Å². The summed E-state index contributed by atoms with van der Waals surface area (Å²) in [5, 5.41) is 2.65. The summed E-state index contributed by atoms with van der Waals surface area (Å²) in [7, 11) is 0. The number of hydrogen-bond acceptors (Lipinski definition) is 1. The molecule has 0 aromatic rings. The van der Waals surface area contributed by atoms with E-state index in [1.807, 2.05) is 13.8 Å². The van der Waals surface area contributed by atoms with Gasteiger partial charge in [-0.2, -0.15) is 0 Å². The Balaban J connectivity index is 3.96. The van der Waals surface area contributed by atoms with Crippen molar-refractivity contribution in [3.05, 3.63) is 24.4 Å². The maximum Gasteiger partial charge on any atom is 0.250 e. The van der Waals surface area contributed by atoms with Crippen molar-refractivity contribution in [1.29, 1.82) is 0 Å². The van der Waals surface area contributed by atoms with Crippen LogP contribution in [0.2, 0.25) is 0 Å². The Kier molecular flexibility index (Phi) is 3.58. The first-order chi connectivity index (χ1) is 4.95. The van der Waals surface area contributed by atoms with Crippen LogP contribution in [0.4, 0.5) is 0 Å². The summed E-state index contributed by atoms with van der Waals surface area (Å²) in [5.74, 6) is 0.127. The molecule has 0 unspecified atom stereocenters. The predicted molar refractivity (Wildman–Crippen MR) is 46.9 cm³/mol. The van der Waals surface area contributed by atoms with Gasteiger partial charge in [-0.3, -0.25) is 4.79 Å². The van der Waals surface area contributed by atoms with Crippen LogP contribution in [-0.2, 0) is 4.79 Å². The molecule has 0 spiro atoms. The van der Waals surface area contributed by atoms with Gasteiger partial charge in [0, 0.05) is 11.3 Å². The maximum atomic E-state index is 11.0. The normalized spacial score (nSPS) is 9.45. The lowest BCUT2D eigenvalue weighted by atomic mass is 10.1. The Bertz CT molecular complexity index is 192. The Hall–Kier alpha value is -1.05. The average molecular weight is 153 g/mol. The van der Waals surface area contributed by atoms with Crippen molar-refractivity contribution in [2.75, 3.05) is 0 Å². The van der Waals surface area contributed by atoms with Crippen LogP contribution in [0.1, 0.15) is 20.8 Å². The molecular weight excluding hydrogens is 138 g/mol. The van der Waals surface area contributed by atoms with Gasteiger partial charge >= 0.3 is 0 Å². The van der Waals surface area contributed by atoms with Gasteiger partial charge in [0.1, 0.15) is 0 Å². The molecule has 0 aliphatic rings. The molecule has 0 saturated carbocycles. The van der Waals surface area contributed by atoms with E-state index in [4.69, 9.17) is 0 Å². The summed E-state index contributed by atoms with van der Waals surface area (Å²) in [5.41, 5.74) is 1.24. The van der Waals surface area contributed by atoms with Crippen molar-refractivity contribution in [2.24, 2.45) is 5.92 Å². The van der Waals surface area contributed by atoms with Gasteiger partial charge in [0.25, 0.3) is 0 Å². The minimum Gasteiger partial charge on any atom is -0.326 e. The molecular formula is C9H15NO. The fourth-order valence-corrected chi connectivity index (χ4v) is 0.397. The fraction of sp³-hybridized carbons (Fsp3) is 0.444. The van der Waals surface area contributed by atoms with Crippen LogP contribution in [-0.4, -0.2) is 5.91 Å². The van der Waals surface area contributed by atoms with Crippen LogP contribution >= 0.6 is 0 Å². The summed E-state index contributed by atoms with van der Waals surface area (Å²) >= 11 is 0. The Morgan fingerprint density at radius 3 is 2.09 bits per heavy atom. The van der Waals surface area contributed by atoms with Crippen molar-refractivity contribution in [3.63, 3.8) is 0 Å². The highest BCUT2D eigenvalue weighted by Crippen LogP contribution is 2.02. The third-order valence-electron chi connectivity index (χ3n) is 1.36. The van der Waals surface area contributed by atoms with Crippen molar-refractivity contribution in [3.8, 4) is 0 Å². The molecule has 0 heterocycles. The van der Waals surface area contributed by atoms with Gasteiger partial charge in [0.2, 0.25) is 5.91 Å². The highest BCUT2D eigenvalue weighted by Gasteiger charge is 2.05. The van der Waals surface area contributed by atoms with Gasteiger partial charge in [0.15, 0.2) is 0 Å². The van der Waals surface area contributed by atoms with Crippen molar-refractivity contribution in [2.45, 2.75) is 20.8 Å². The number of allylic oxidation sites excluding steroid dienone is 1. The second-order valence-corrected chi connectivity index (χ2v) is 2.91. The molecule has 1 amide bonds. The largest absolute Gasteiger partial charge is 0.326 e. The number of carbonyl (C=O) groups excluding carboxylic acids is 1. The second kappa shape index (κ2) is 3.96. The van der Waals surface area contributed by atoms with Gasteiger partial charge in [-0.05, 0) is 12.8 Å². The zero-order chi connectivity index (χ0) is 9.02. The highest BCUT2D eigenvalue weighted by molar-refractivity contribution is 5.93. The van der Waals surface area contributed by atoms with E-state index < -0.39 is 0 Å². The molecule has 0 aliphatic heterocycles. The molecule has 0 radical (unpaired) electrons. The molecule has 2 nitrogen and oxygen atoms in total. The standard InChI is InChI=1S/C9H15NO/c1-6(2)8(5)10-9(11)7(3)4/h6H,3,5H2,1-2,4H3,(H,10,11). The Labute approximate surface area is 68.0 Å². The second-order valence-electron chi connectivity index (χ2n) is 2.91. The number of hydrogen-bond donors (Lipinski definition) is 1. The van der Waals surface area contributed by atoms with E-state index in [9.17, 15) is 4.79 Å². The minimum atomic E-state index is -0.149. The zero-order valence-electron chi connectivity index (χ0n) is 7.40. The Morgan fingerprint density at radius 2 is 1.82 bits per heavy atom. The van der Waals surface area contributed by atoms with Crippen molar-refractivity contribution in [1.82, 2.24) is 5.32 Å². The van der Waals surface area contributed by atoms with Crippen LogP contribution in [0.3, 0.4) is 0 Å². The third-order valence-corrected chi connectivity index (χ3v) is 1.36. The molecule has 11 heavy (non-hydrogen) atoms. The monoisotopic (exact) mass is 153 g/mol. The van der Waals surface area contributed by atoms with Crippen LogP contribution in [0.25, 0.3) is 0 Å². The number of amides is 1. The lowest BCUT2D eigenvalue weighted by Gasteiger charge is -2.10. The quantitative estimate of drug-likeness (QED) is 0.616. The lowest BCUT2D eigenvalue weighted by molar-refractivity contribution is -0.116. The molecule has 1 N–H and O–H groups in total. The van der Waals surface area contributed by atoms with Gasteiger partial charge in [-0.1, -0.05) is 27.0 Å². The van der Waals surface area contributed by atoms with Crippen LogP contribution < -0.4 is 5.32 Å². The highest BCUT2D eigenvalue weighted by atomic mass is 16.1. The van der Waals surface area contributed by atoms with Crippen molar-refractivity contribution < 1.29 is 4.79 Å². The number of rotatable bonds is 3. The van der Waals surface area contributed by atoms with E-state index in [-0.39, 0.29) is 11.8 Å². The molecule has 0 saturated heterocycles. The third kappa shape index (κ3) is 3.61. The van der Waals surface area contributed by atoms with Crippen LogP contribution in [0.15, 0.2) is 24.4 Å². The summed E-state index contributed by atoms with van der Waals surface area (Å²) < 4.78 is 0. The van der Waals surface area contributed by atoms with E-state index in [1.165, 1.54) is 0 Å². The summed E-state index contributed by atoms with van der Waals surface area (Å²) in [4.78, 5) is 11.0. The Morgan fingerprint density at radius 1 is 1.36 bits per heavy atom. The SMILES string of the molecule is C=C(C)C(=O)NC(=C)C(C)C. The van der Waals surface area contributed by atoms with Crippen LogP contribution in [0, 0.1) is 5.92 Å². The molecule has 0 bridgehead atoms. The molecule has 0 fully saturated rings.